The summed E-state index contributed by atoms with van der Waals surface area (Å²) in [5.41, 5.74) is 2.51. The fourth-order valence-corrected chi connectivity index (χ4v) is 5.02. The number of aliphatic hydroxyl groups excluding tert-OH is 3. The number of aliphatic hydroxyl groups is 3. The molecule has 1 aliphatic carbocycles. The number of aromatic nitrogens is 3. The molecule has 8 nitrogen and oxygen atoms in total. The first-order chi connectivity index (χ1) is 15.2. The third-order valence-electron chi connectivity index (χ3n) is 5.73. The number of fused-ring (bicyclic) bond motifs is 1. The van der Waals surface area contributed by atoms with Gasteiger partial charge in [-0.2, -0.15) is 4.98 Å². The van der Waals surface area contributed by atoms with Crippen LogP contribution in [-0.4, -0.2) is 61.7 Å². The van der Waals surface area contributed by atoms with Crippen LogP contribution in [0.5, 0.6) is 0 Å². The molecule has 3 aromatic rings. The highest BCUT2D eigenvalue weighted by atomic mass is 32.1. The number of rotatable bonds is 6. The standard InChI is InChI=1S/C23H31N5O3S/c1-12-17(21-27-14-7-5-6-8-16(14)32-21)20(28-22(25-12)24-11-23(2,3)4)26-15-9-13(10-29)18(30)19(15)31/h5-8,13,15,18-19,29-31H,9-11H2,1-4H3,(H2,24,25,26,28)/t13-,15-,18-,19+/m0/s1. The first-order valence-corrected chi connectivity index (χ1v) is 11.7. The van der Waals surface area contributed by atoms with E-state index in [-0.39, 0.29) is 17.9 Å². The second kappa shape index (κ2) is 8.90. The molecule has 1 saturated carbocycles. The van der Waals surface area contributed by atoms with E-state index >= 15 is 0 Å². The third kappa shape index (κ3) is 4.71. The zero-order valence-corrected chi connectivity index (χ0v) is 19.6. The molecule has 1 aliphatic rings. The molecule has 1 aromatic carbocycles. The predicted molar refractivity (Wildman–Crippen MR) is 128 cm³/mol. The highest BCUT2D eigenvalue weighted by molar-refractivity contribution is 7.21. The third-order valence-corrected chi connectivity index (χ3v) is 6.79. The highest BCUT2D eigenvalue weighted by Crippen LogP contribution is 2.38. The van der Waals surface area contributed by atoms with Crippen LogP contribution in [0.4, 0.5) is 11.8 Å². The van der Waals surface area contributed by atoms with E-state index in [0.29, 0.717) is 24.7 Å². The summed E-state index contributed by atoms with van der Waals surface area (Å²) in [6.45, 7) is 8.84. The second-order valence-corrected chi connectivity index (χ2v) is 10.7. The van der Waals surface area contributed by atoms with Crippen LogP contribution >= 0.6 is 11.3 Å². The number of nitrogens with zero attached hydrogens (tertiary/aromatic N) is 3. The maximum atomic E-state index is 10.5. The normalized spacial score (nSPS) is 23.6. The number of nitrogens with one attached hydrogen (secondary N) is 2. The topological polar surface area (TPSA) is 123 Å². The van der Waals surface area contributed by atoms with E-state index in [4.69, 9.17) is 9.97 Å². The number of aryl methyl sites for hydroxylation is 1. The number of hydrogen-bond donors (Lipinski definition) is 5. The Morgan fingerprint density at radius 3 is 2.50 bits per heavy atom. The van der Waals surface area contributed by atoms with Gasteiger partial charge in [0.25, 0.3) is 0 Å². The lowest BCUT2D eigenvalue weighted by Gasteiger charge is -2.22. The number of para-hydroxylation sites is 1. The summed E-state index contributed by atoms with van der Waals surface area (Å²) in [4.78, 5) is 14.2. The van der Waals surface area contributed by atoms with E-state index in [9.17, 15) is 15.3 Å². The van der Waals surface area contributed by atoms with Gasteiger partial charge in [-0.3, -0.25) is 0 Å². The van der Waals surface area contributed by atoms with Crippen LogP contribution in [0.25, 0.3) is 20.8 Å². The number of hydrogen-bond acceptors (Lipinski definition) is 9. The lowest BCUT2D eigenvalue weighted by molar-refractivity contribution is 0.00446. The molecule has 0 unspecified atom stereocenters. The summed E-state index contributed by atoms with van der Waals surface area (Å²) >= 11 is 1.56. The van der Waals surface area contributed by atoms with Gasteiger partial charge < -0.3 is 26.0 Å². The second-order valence-electron chi connectivity index (χ2n) is 9.67. The maximum absolute atomic E-state index is 10.5. The maximum Gasteiger partial charge on any atom is 0.224 e. The summed E-state index contributed by atoms with van der Waals surface area (Å²) in [6.07, 6.45) is -1.55. The summed E-state index contributed by atoms with van der Waals surface area (Å²) in [5.74, 6) is 0.675. The van der Waals surface area contributed by atoms with Crippen molar-refractivity contribution in [1.29, 1.82) is 0 Å². The Kier molecular flexibility index (Phi) is 6.35. The summed E-state index contributed by atoms with van der Waals surface area (Å²) < 4.78 is 1.07. The van der Waals surface area contributed by atoms with Crippen molar-refractivity contribution < 1.29 is 15.3 Å². The summed E-state index contributed by atoms with van der Waals surface area (Å²) in [6, 6.07) is 7.50. The fourth-order valence-electron chi connectivity index (χ4n) is 3.96. The van der Waals surface area contributed by atoms with Crippen molar-refractivity contribution in [1.82, 2.24) is 15.0 Å². The molecule has 172 valence electrons. The molecule has 32 heavy (non-hydrogen) atoms. The average Bonchev–Trinajstić information content (AvgIpc) is 3.27. The Morgan fingerprint density at radius 2 is 1.84 bits per heavy atom. The highest BCUT2D eigenvalue weighted by Gasteiger charge is 2.41. The van der Waals surface area contributed by atoms with Gasteiger partial charge in [-0.05, 0) is 30.9 Å². The Hall–Kier alpha value is -2.33. The van der Waals surface area contributed by atoms with Crippen molar-refractivity contribution in [3.63, 3.8) is 0 Å². The molecule has 0 amide bonds. The number of anilines is 2. The van der Waals surface area contributed by atoms with Gasteiger partial charge in [-0.1, -0.05) is 32.9 Å². The van der Waals surface area contributed by atoms with E-state index in [1.165, 1.54) is 0 Å². The molecule has 0 radical (unpaired) electrons. The van der Waals surface area contributed by atoms with Crippen LogP contribution in [-0.2, 0) is 0 Å². The van der Waals surface area contributed by atoms with Crippen LogP contribution in [0.3, 0.4) is 0 Å². The Morgan fingerprint density at radius 1 is 1.09 bits per heavy atom. The first kappa shape index (κ1) is 22.8. The number of thiazole rings is 1. The van der Waals surface area contributed by atoms with Crippen molar-refractivity contribution >= 4 is 33.3 Å². The van der Waals surface area contributed by atoms with Crippen molar-refractivity contribution in [2.75, 3.05) is 23.8 Å². The van der Waals surface area contributed by atoms with Gasteiger partial charge in [0.05, 0.1) is 33.6 Å². The van der Waals surface area contributed by atoms with E-state index < -0.39 is 18.2 Å². The largest absolute Gasteiger partial charge is 0.396 e. The lowest BCUT2D eigenvalue weighted by Crippen LogP contribution is -2.36. The van der Waals surface area contributed by atoms with Crippen LogP contribution in [0.2, 0.25) is 0 Å². The Bertz CT molecular complexity index is 1060. The van der Waals surface area contributed by atoms with Crippen LogP contribution in [0.15, 0.2) is 24.3 Å². The van der Waals surface area contributed by atoms with Crippen LogP contribution < -0.4 is 10.6 Å². The molecule has 4 rings (SSSR count). The quantitative estimate of drug-likeness (QED) is 0.383. The molecular weight excluding hydrogens is 426 g/mol. The minimum Gasteiger partial charge on any atom is -0.396 e. The minimum atomic E-state index is -1.00. The first-order valence-electron chi connectivity index (χ1n) is 10.9. The molecule has 2 heterocycles. The minimum absolute atomic E-state index is 0.0522. The van der Waals surface area contributed by atoms with Crippen LogP contribution in [0, 0.1) is 18.3 Å². The molecule has 0 bridgehead atoms. The van der Waals surface area contributed by atoms with Crippen molar-refractivity contribution in [3.05, 3.63) is 30.0 Å². The Labute approximate surface area is 191 Å². The summed E-state index contributed by atoms with van der Waals surface area (Å²) in [7, 11) is 0. The summed E-state index contributed by atoms with van der Waals surface area (Å²) in [5, 5.41) is 37.8. The zero-order chi connectivity index (χ0) is 23.0. The molecule has 1 fully saturated rings. The molecular formula is C23H31N5O3S. The molecule has 0 saturated heterocycles. The lowest BCUT2D eigenvalue weighted by atomic mass is 9.97. The molecule has 9 heteroatoms. The van der Waals surface area contributed by atoms with Gasteiger partial charge in [0.2, 0.25) is 5.95 Å². The van der Waals surface area contributed by atoms with E-state index in [2.05, 4.69) is 36.4 Å². The van der Waals surface area contributed by atoms with E-state index in [1.807, 2.05) is 31.2 Å². The van der Waals surface area contributed by atoms with Crippen LogP contribution in [0.1, 0.15) is 32.9 Å². The predicted octanol–water partition coefficient (Wildman–Crippen LogP) is 3.03. The van der Waals surface area contributed by atoms with Gasteiger partial charge in [0, 0.05) is 19.1 Å². The van der Waals surface area contributed by atoms with Crippen molar-refractivity contribution in [2.24, 2.45) is 11.3 Å². The van der Waals surface area contributed by atoms with Crippen molar-refractivity contribution in [2.45, 2.75) is 52.4 Å². The molecule has 5 N–H and O–H groups in total. The molecule has 0 aliphatic heterocycles. The molecule has 2 aromatic heterocycles. The monoisotopic (exact) mass is 457 g/mol. The van der Waals surface area contributed by atoms with E-state index in [1.54, 1.807) is 11.3 Å². The zero-order valence-electron chi connectivity index (χ0n) is 18.8. The van der Waals surface area contributed by atoms with Crippen molar-refractivity contribution in [3.8, 4) is 10.6 Å². The SMILES string of the molecule is Cc1nc(NCC(C)(C)C)nc(N[C@H]2C[C@@H](CO)[C@H](O)[C@@H]2O)c1-c1nc2ccccc2s1. The van der Waals surface area contributed by atoms with Gasteiger partial charge >= 0.3 is 0 Å². The van der Waals surface area contributed by atoms with E-state index in [0.717, 1.165) is 26.5 Å². The Balaban J connectivity index is 1.74. The smallest absolute Gasteiger partial charge is 0.224 e. The van der Waals surface area contributed by atoms with Gasteiger partial charge in [-0.25, -0.2) is 9.97 Å². The molecule has 4 atom stereocenters. The van der Waals surface area contributed by atoms with Gasteiger partial charge in [-0.15, -0.1) is 11.3 Å². The van der Waals surface area contributed by atoms with Gasteiger partial charge in [0.1, 0.15) is 16.9 Å². The average molecular weight is 458 g/mol. The fraction of sp³-hybridized carbons (Fsp3) is 0.522. The molecule has 0 spiro atoms. The van der Waals surface area contributed by atoms with Gasteiger partial charge in [0.15, 0.2) is 0 Å². The number of benzene rings is 1.